The molecule has 1 atom stereocenters. The summed E-state index contributed by atoms with van der Waals surface area (Å²) in [7, 11) is 0. The third-order valence-electron chi connectivity index (χ3n) is 4.48. The van der Waals surface area contributed by atoms with Gasteiger partial charge in [0.25, 0.3) is 0 Å². The van der Waals surface area contributed by atoms with Gasteiger partial charge in [0.1, 0.15) is 6.04 Å². The molecule has 1 aliphatic carbocycles. The molecule has 1 unspecified atom stereocenters. The van der Waals surface area contributed by atoms with Crippen LogP contribution in [0.3, 0.4) is 0 Å². The molecule has 24 heavy (non-hydrogen) atoms. The summed E-state index contributed by atoms with van der Waals surface area (Å²) in [5.41, 5.74) is 0.993. The molecule has 1 aromatic carbocycles. The standard InChI is InChI=1S/C19H28N2O3/c1-3-24-18(22)15(2)21(14-16-10-6-4-7-11-16)19(23)20-17-12-8-5-9-13-17/h4,6-7,10-11,15,17H,3,5,8-9,12-14H2,1-2H3,(H,20,23). The maximum atomic E-state index is 12.8. The summed E-state index contributed by atoms with van der Waals surface area (Å²) in [6.45, 7) is 4.20. The summed E-state index contributed by atoms with van der Waals surface area (Å²) in [4.78, 5) is 26.5. The molecule has 0 spiro atoms. The minimum Gasteiger partial charge on any atom is -0.464 e. The summed E-state index contributed by atoms with van der Waals surface area (Å²) in [6, 6.07) is 9.12. The number of hydrogen-bond donors (Lipinski definition) is 1. The Kier molecular flexibility index (Phi) is 7.09. The lowest BCUT2D eigenvalue weighted by Gasteiger charge is -2.31. The van der Waals surface area contributed by atoms with Gasteiger partial charge in [-0.05, 0) is 32.3 Å². The normalized spacial score (nSPS) is 16.2. The van der Waals surface area contributed by atoms with Crippen molar-refractivity contribution in [2.45, 2.75) is 64.6 Å². The predicted molar refractivity (Wildman–Crippen MR) is 93.5 cm³/mol. The van der Waals surface area contributed by atoms with E-state index >= 15 is 0 Å². The van der Waals surface area contributed by atoms with Crippen LogP contribution < -0.4 is 5.32 Å². The molecule has 0 aromatic heterocycles. The van der Waals surface area contributed by atoms with Gasteiger partial charge in [-0.25, -0.2) is 9.59 Å². The second-order valence-electron chi connectivity index (χ2n) is 6.33. The average Bonchev–Trinajstić information content (AvgIpc) is 2.61. The molecule has 2 rings (SSSR count). The van der Waals surface area contributed by atoms with Crippen molar-refractivity contribution >= 4 is 12.0 Å². The van der Waals surface area contributed by atoms with Crippen molar-refractivity contribution in [3.8, 4) is 0 Å². The summed E-state index contributed by atoms with van der Waals surface area (Å²) in [6.07, 6.45) is 5.56. The SMILES string of the molecule is CCOC(=O)C(C)N(Cc1ccccc1)C(=O)NC1CCCCC1. The number of carbonyl (C=O) groups is 2. The van der Waals surface area contributed by atoms with E-state index in [-0.39, 0.29) is 18.0 Å². The number of urea groups is 1. The Hall–Kier alpha value is -2.04. The van der Waals surface area contributed by atoms with Gasteiger partial charge in [0, 0.05) is 12.6 Å². The van der Waals surface area contributed by atoms with Crippen molar-refractivity contribution in [2.75, 3.05) is 6.61 Å². The molecule has 5 nitrogen and oxygen atoms in total. The number of ether oxygens (including phenoxy) is 1. The number of esters is 1. The highest BCUT2D eigenvalue weighted by Crippen LogP contribution is 2.18. The molecular weight excluding hydrogens is 304 g/mol. The second-order valence-corrected chi connectivity index (χ2v) is 6.33. The average molecular weight is 332 g/mol. The molecular formula is C19H28N2O3. The van der Waals surface area contributed by atoms with Gasteiger partial charge in [-0.15, -0.1) is 0 Å². The number of rotatable bonds is 6. The smallest absolute Gasteiger partial charge is 0.328 e. The maximum Gasteiger partial charge on any atom is 0.328 e. The van der Waals surface area contributed by atoms with Gasteiger partial charge in [-0.1, -0.05) is 49.6 Å². The lowest BCUT2D eigenvalue weighted by molar-refractivity contribution is -0.148. The molecule has 1 N–H and O–H groups in total. The van der Waals surface area contributed by atoms with Gasteiger partial charge in [0.15, 0.2) is 0 Å². The van der Waals surface area contributed by atoms with E-state index in [1.807, 2.05) is 30.3 Å². The molecule has 1 aliphatic rings. The van der Waals surface area contributed by atoms with E-state index in [4.69, 9.17) is 4.74 Å². The lowest BCUT2D eigenvalue weighted by Crippen LogP contribution is -2.51. The first kappa shape index (κ1) is 18.3. The van der Waals surface area contributed by atoms with Crippen molar-refractivity contribution in [1.82, 2.24) is 10.2 Å². The van der Waals surface area contributed by atoms with Crippen LogP contribution in [0.4, 0.5) is 4.79 Å². The van der Waals surface area contributed by atoms with Crippen LogP contribution in [0.15, 0.2) is 30.3 Å². The first-order valence-corrected chi connectivity index (χ1v) is 8.89. The molecule has 1 aromatic rings. The maximum absolute atomic E-state index is 12.8. The van der Waals surface area contributed by atoms with Gasteiger partial charge in [-0.3, -0.25) is 0 Å². The van der Waals surface area contributed by atoms with Crippen molar-refractivity contribution in [3.05, 3.63) is 35.9 Å². The fourth-order valence-corrected chi connectivity index (χ4v) is 3.06. The van der Waals surface area contributed by atoms with Crippen LogP contribution >= 0.6 is 0 Å². The van der Waals surface area contributed by atoms with E-state index in [1.165, 1.54) is 6.42 Å². The van der Waals surface area contributed by atoms with Crippen LogP contribution in [-0.4, -0.2) is 35.6 Å². The molecule has 0 aliphatic heterocycles. The van der Waals surface area contributed by atoms with E-state index in [0.717, 1.165) is 31.2 Å². The summed E-state index contributed by atoms with van der Waals surface area (Å²) >= 11 is 0. The molecule has 0 heterocycles. The highest BCUT2D eigenvalue weighted by molar-refractivity contribution is 5.83. The minimum absolute atomic E-state index is 0.189. The van der Waals surface area contributed by atoms with Crippen molar-refractivity contribution in [1.29, 1.82) is 0 Å². The molecule has 132 valence electrons. The molecule has 0 radical (unpaired) electrons. The molecule has 2 amide bonds. The summed E-state index contributed by atoms with van der Waals surface area (Å²) in [5, 5.41) is 3.10. The number of hydrogen-bond acceptors (Lipinski definition) is 3. The van der Waals surface area contributed by atoms with Crippen LogP contribution in [0.2, 0.25) is 0 Å². The monoisotopic (exact) mass is 332 g/mol. The van der Waals surface area contributed by atoms with Crippen molar-refractivity contribution in [3.63, 3.8) is 0 Å². The van der Waals surface area contributed by atoms with E-state index < -0.39 is 6.04 Å². The number of nitrogens with zero attached hydrogens (tertiary/aromatic N) is 1. The first-order valence-electron chi connectivity index (χ1n) is 8.89. The third kappa shape index (κ3) is 5.25. The fraction of sp³-hybridized carbons (Fsp3) is 0.579. The summed E-state index contributed by atoms with van der Waals surface area (Å²) < 4.78 is 5.10. The Balaban J connectivity index is 2.08. The van der Waals surface area contributed by atoms with Crippen LogP contribution in [0.1, 0.15) is 51.5 Å². The number of benzene rings is 1. The fourth-order valence-electron chi connectivity index (χ4n) is 3.06. The highest BCUT2D eigenvalue weighted by atomic mass is 16.5. The van der Waals surface area contributed by atoms with Gasteiger partial charge in [0.05, 0.1) is 6.61 Å². The first-order chi connectivity index (χ1) is 11.6. The van der Waals surface area contributed by atoms with Gasteiger partial charge in [0.2, 0.25) is 0 Å². The molecule has 0 saturated heterocycles. The highest BCUT2D eigenvalue weighted by Gasteiger charge is 2.28. The molecule has 0 bridgehead atoms. The quantitative estimate of drug-likeness (QED) is 0.811. The zero-order chi connectivity index (χ0) is 17.4. The Morgan fingerprint density at radius 2 is 1.88 bits per heavy atom. The van der Waals surface area contributed by atoms with Crippen LogP contribution in [0.25, 0.3) is 0 Å². The predicted octanol–water partition coefficient (Wildman–Crippen LogP) is 3.48. The largest absolute Gasteiger partial charge is 0.464 e. The second kappa shape index (κ2) is 9.30. The zero-order valence-electron chi connectivity index (χ0n) is 14.7. The molecule has 1 saturated carbocycles. The van der Waals surface area contributed by atoms with E-state index in [2.05, 4.69) is 5.32 Å². The zero-order valence-corrected chi connectivity index (χ0v) is 14.7. The van der Waals surface area contributed by atoms with Crippen LogP contribution in [0, 0.1) is 0 Å². The number of nitrogens with one attached hydrogen (secondary N) is 1. The molecule has 1 fully saturated rings. The number of carbonyl (C=O) groups excluding carboxylic acids is 2. The van der Waals surface area contributed by atoms with Gasteiger partial charge < -0.3 is 15.0 Å². The van der Waals surface area contributed by atoms with E-state index in [9.17, 15) is 9.59 Å². The Bertz CT molecular complexity index is 527. The lowest BCUT2D eigenvalue weighted by atomic mass is 9.96. The topological polar surface area (TPSA) is 58.6 Å². The Morgan fingerprint density at radius 3 is 2.50 bits per heavy atom. The Labute approximate surface area is 144 Å². The van der Waals surface area contributed by atoms with Crippen molar-refractivity contribution in [2.24, 2.45) is 0 Å². The van der Waals surface area contributed by atoms with E-state index in [1.54, 1.807) is 18.7 Å². The summed E-state index contributed by atoms with van der Waals surface area (Å²) in [5.74, 6) is -0.368. The van der Waals surface area contributed by atoms with Gasteiger partial charge >= 0.3 is 12.0 Å². The molecule has 5 heteroatoms. The van der Waals surface area contributed by atoms with E-state index in [0.29, 0.717) is 13.2 Å². The Morgan fingerprint density at radius 1 is 1.21 bits per heavy atom. The minimum atomic E-state index is -0.617. The van der Waals surface area contributed by atoms with Crippen LogP contribution in [-0.2, 0) is 16.1 Å². The van der Waals surface area contributed by atoms with Crippen LogP contribution in [0.5, 0.6) is 0 Å². The van der Waals surface area contributed by atoms with Gasteiger partial charge in [-0.2, -0.15) is 0 Å². The third-order valence-corrected chi connectivity index (χ3v) is 4.48. The van der Waals surface area contributed by atoms with Crippen molar-refractivity contribution < 1.29 is 14.3 Å². The number of amides is 2.